The normalized spacial score (nSPS) is 16.0. The Kier molecular flexibility index (Phi) is 6.64. The number of amides is 1. The summed E-state index contributed by atoms with van der Waals surface area (Å²) in [6.45, 7) is 2.59. The van der Waals surface area contributed by atoms with Gasteiger partial charge in [-0.15, -0.1) is 0 Å². The molecule has 1 aliphatic heterocycles. The number of fused-ring (bicyclic) bond motifs is 1. The lowest BCUT2D eigenvalue weighted by Crippen LogP contribution is -2.46. The van der Waals surface area contributed by atoms with Gasteiger partial charge in [-0.3, -0.25) is 10.0 Å². The number of ether oxygens (including phenoxy) is 2. The monoisotopic (exact) mass is 468 g/mol. The first-order valence-electron chi connectivity index (χ1n) is 10.5. The highest BCUT2D eigenvalue weighted by molar-refractivity contribution is 7.89. The Bertz CT molecular complexity index is 1230. The number of rotatable bonds is 7. The van der Waals surface area contributed by atoms with Crippen LogP contribution >= 0.6 is 0 Å². The van der Waals surface area contributed by atoms with Crippen molar-refractivity contribution in [3.05, 3.63) is 83.9 Å². The van der Waals surface area contributed by atoms with Crippen molar-refractivity contribution in [2.75, 3.05) is 13.2 Å². The van der Waals surface area contributed by atoms with Gasteiger partial charge in [-0.05, 0) is 73.0 Å². The third-order valence-corrected chi connectivity index (χ3v) is 7.28. The number of sulfonamides is 1. The molecule has 0 radical (unpaired) electrons. The lowest BCUT2D eigenvalue weighted by Gasteiger charge is -2.34. The van der Waals surface area contributed by atoms with Crippen LogP contribution in [0.3, 0.4) is 0 Å². The van der Waals surface area contributed by atoms with E-state index in [2.05, 4.69) is 0 Å². The minimum Gasteiger partial charge on any atom is -0.494 e. The summed E-state index contributed by atoms with van der Waals surface area (Å²) in [5.74, 6) is 0.977. The van der Waals surface area contributed by atoms with Gasteiger partial charge in [-0.1, -0.05) is 24.3 Å². The van der Waals surface area contributed by atoms with E-state index in [1.165, 1.54) is 12.1 Å². The quantitative estimate of drug-likeness (QED) is 0.405. The maximum atomic E-state index is 13.4. The van der Waals surface area contributed by atoms with E-state index < -0.39 is 22.0 Å². The molecule has 1 amide bonds. The number of carbonyl (C=O) groups is 1. The fraction of sp³-hybridized carbons (Fsp3) is 0.208. The molecule has 1 heterocycles. The van der Waals surface area contributed by atoms with E-state index in [9.17, 15) is 18.4 Å². The summed E-state index contributed by atoms with van der Waals surface area (Å²) in [4.78, 5) is 12.5. The zero-order chi connectivity index (χ0) is 23.4. The van der Waals surface area contributed by atoms with Crippen molar-refractivity contribution >= 4 is 15.9 Å². The highest BCUT2D eigenvalue weighted by Crippen LogP contribution is 2.35. The summed E-state index contributed by atoms with van der Waals surface area (Å²) in [5, 5.41) is 9.24. The first-order valence-corrected chi connectivity index (χ1v) is 11.9. The molecular weight excluding hydrogens is 444 g/mol. The average molecular weight is 469 g/mol. The molecule has 0 fully saturated rings. The van der Waals surface area contributed by atoms with Crippen molar-refractivity contribution in [3.63, 3.8) is 0 Å². The second kappa shape index (κ2) is 9.62. The van der Waals surface area contributed by atoms with Crippen LogP contribution in [0.1, 0.15) is 24.1 Å². The van der Waals surface area contributed by atoms with Crippen molar-refractivity contribution in [2.24, 2.45) is 0 Å². The van der Waals surface area contributed by atoms with Crippen molar-refractivity contribution in [3.8, 4) is 17.2 Å². The fourth-order valence-corrected chi connectivity index (χ4v) is 5.43. The number of nitrogens with one attached hydrogen (secondary N) is 1. The third-order valence-electron chi connectivity index (χ3n) is 5.40. The lowest BCUT2D eigenvalue weighted by molar-refractivity contribution is -0.133. The van der Waals surface area contributed by atoms with Gasteiger partial charge in [0.05, 0.1) is 11.5 Å². The van der Waals surface area contributed by atoms with Gasteiger partial charge in [-0.2, -0.15) is 4.31 Å². The number of benzene rings is 3. The first-order chi connectivity index (χ1) is 15.9. The maximum absolute atomic E-state index is 13.4. The third kappa shape index (κ3) is 4.70. The van der Waals surface area contributed by atoms with Gasteiger partial charge in [0.15, 0.2) is 0 Å². The minimum atomic E-state index is -4.02. The molecule has 0 aromatic heterocycles. The van der Waals surface area contributed by atoms with Gasteiger partial charge >= 0.3 is 0 Å². The maximum Gasteiger partial charge on any atom is 0.266 e. The predicted octanol–water partition coefficient (Wildman–Crippen LogP) is 3.67. The number of hydrogen-bond donors (Lipinski definition) is 2. The van der Waals surface area contributed by atoms with Gasteiger partial charge in [-0.25, -0.2) is 13.9 Å². The van der Waals surface area contributed by atoms with E-state index >= 15 is 0 Å². The molecule has 0 spiro atoms. The summed E-state index contributed by atoms with van der Waals surface area (Å²) in [5.41, 5.74) is 3.03. The molecule has 33 heavy (non-hydrogen) atoms. The Morgan fingerprint density at radius 1 is 1.00 bits per heavy atom. The smallest absolute Gasteiger partial charge is 0.266 e. The number of hydroxylamine groups is 1. The van der Waals surface area contributed by atoms with Crippen molar-refractivity contribution in [2.45, 2.75) is 24.3 Å². The molecule has 1 aliphatic rings. The second-order valence-corrected chi connectivity index (χ2v) is 9.31. The van der Waals surface area contributed by atoms with Crippen LogP contribution in [-0.2, 0) is 21.2 Å². The van der Waals surface area contributed by atoms with Crippen LogP contribution in [0, 0.1) is 0 Å². The molecule has 3 aromatic rings. The molecule has 0 saturated carbocycles. The largest absolute Gasteiger partial charge is 0.494 e. The zero-order valence-electron chi connectivity index (χ0n) is 18.0. The van der Waals surface area contributed by atoms with E-state index in [0.29, 0.717) is 30.1 Å². The van der Waals surface area contributed by atoms with Gasteiger partial charge in [0.25, 0.3) is 5.91 Å². The molecule has 8 nitrogen and oxygen atoms in total. The van der Waals surface area contributed by atoms with Gasteiger partial charge in [0.1, 0.15) is 23.3 Å². The van der Waals surface area contributed by atoms with Gasteiger partial charge < -0.3 is 9.47 Å². The molecule has 2 N–H and O–H groups in total. The summed E-state index contributed by atoms with van der Waals surface area (Å²) >= 11 is 0. The summed E-state index contributed by atoms with van der Waals surface area (Å²) in [6.07, 6.45) is 0.462. The molecule has 4 rings (SSSR count). The van der Waals surface area contributed by atoms with E-state index in [0.717, 1.165) is 15.6 Å². The Balaban J connectivity index is 1.57. The van der Waals surface area contributed by atoms with Crippen molar-refractivity contribution in [1.82, 2.24) is 9.79 Å². The van der Waals surface area contributed by atoms with Crippen LogP contribution < -0.4 is 15.0 Å². The van der Waals surface area contributed by atoms with Crippen LogP contribution in [0.4, 0.5) is 0 Å². The SMILES string of the molecule is CCOc1ccc(Oc2ccc(S(=O)(=O)N3CCc4ccccc4[C@@H]3C(=O)NO)cc2)cc1. The first kappa shape index (κ1) is 22.8. The molecule has 3 aromatic carbocycles. The molecule has 0 unspecified atom stereocenters. The van der Waals surface area contributed by atoms with E-state index in [4.69, 9.17) is 9.47 Å². The second-order valence-electron chi connectivity index (χ2n) is 7.42. The van der Waals surface area contributed by atoms with Gasteiger partial charge in [0, 0.05) is 6.54 Å². The number of hydrogen-bond acceptors (Lipinski definition) is 6. The Morgan fingerprint density at radius 2 is 1.61 bits per heavy atom. The van der Waals surface area contributed by atoms with Crippen LogP contribution in [0.25, 0.3) is 0 Å². The molecular formula is C24H24N2O6S. The Morgan fingerprint density at radius 3 is 2.24 bits per heavy atom. The van der Waals surface area contributed by atoms with E-state index in [-0.39, 0.29) is 11.4 Å². The van der Waals surface area contributed by atoms with E-state index in [1.54, 1.807) is 54.0 Å². The zero-order valence-corrected chi connectivity index (χ0v) is 18.8. The van der Waals surface area contributed by atoms with Crippen LogP contribution in [-0.4, -0.2) is 37.0 Å². The number of nitrogens with zero attached hydrogens (tertiary/aromatic N) is 1. The fourth-order valence-electron chi connectivity index (χ4n) is 3.86. The van der Waals surface area contributed by atoms with Gasteiger partial charge in [0.2, 0.25) is 10.0 Å². The molecule has 0 aliphatic carbocycles. The Hall–Kier alpha value is -3.40. The topological polar surface area (TPSA) is 105 Å². The Labute approximate surface area is 192 Å². The molecule has 0 bridgehead atoms. The van der Waals surface area contributed by atoms with Crippen molar-refractivity contribution in [1.29, 1.82) is 0 Å². The molecule has 9 heteroatoms. The summed E-state index contributed by atoms with van der Waals surface area (Å²) in [7, 11) is -4.02. The summed E-state index contributed by atoms with van der Waals surface area (Å²) in [6, 6.07) is 19.1. The highest BCUT2D eigenvalue weighted by Gasteiger charge is 2.40. The van der Waals surface area contributed by atoms with E-state index in [1.807, 2.05) is 19.1 Å². The van der Waals surface area contributed by atoms with Crippen LogP contribution in [0.15, 0.2) is 77.7 Å². The summed E-state index contributed by atoms with van der Waals surface area (Å²) < 4.78 is 39.1. The molecule has 1 atom stereocenters. The molecule has 0 saturated heterocycles. The highest BCUT2D eigenvalue weighted by atomic mass is 32.2. The average Bonchev–Trinajstić information content (AvgIpc) is 2.84. The van der Waals surface area contributed by atoms with Crippen LogP contribution in [0.2, 0.25) is 0 Å². The lowest BCUT2D eigenvalue weighted by atomic mass is 9.94. The number of carbonyl (C=O) groups excluding carboxylic acids is 1. The molecule has 172 valence electrons. The minimum absolute atomic E-state index is 0.0247. The van der Waals surface area contributed by atoms with Crippen molar-refractivity contribution < 1.29 is 27.9 Å². The van der Waals surface area contributed by atoms with Crippen LogP contribution in [0.5, 0.6) is 17.2 Å². The predicted molar refractivity (Wildman–Crippen MR) is 121 cm³/mol. The standard InChI is InChI=1S/C24H24N2O6S/c1-2-31-18-7-9-19(10-8-18)32-20-11-13-21(14-12-20)33(29,30)26-16-15-17-5-3-4-6-22(17)23(26)24(27)25-28/h3-14,23,28H,2,15-16H2,1H3,(H,25,27)/t23-/m1/s1.